The van der Waals surface area contributed by atoms with Crippen LogP contribution in [0.25, 0.3) is 11.9 Å². The molecular formula is C21H24N6O2S. The van der Waals surface area contributed by atoms with Gasteiger partial charge in [-0.1, -0.05) is 29.8 Å². The molecule has 1 fully saturated rings. The maximum Gasteiger partial charge on any atom is 0.236 e. The van der Waals surface area contributed by atoms with Gasteiger partial charge in [0.05, 0.1) is 0 Å². The number of aromatic nitrogens is 4. The average Bonchev–Trinajstić information content (AvgIpc) is 3.28. The van der Waals surface area contributed by atoms with E-state index >= 15 is 0 Å². The second-order valence-corrected chi connectivity index (χ2v) is 9.05. The molecule has 0 aliphatic carbocycles. The quantitative estimate of drug-likeness (QED) is 0.625. The van der Waals surface area contributed by atoms with Gasteiger partial charge in [0, 0.05) is 50.0 Å². The third kappa shape index (κ3) is 4.58. The van der Waals surface area contributed by atoms with Crippen molar-refractivity contribution >= 4 is 21.9 Å². The summed E-state index contributed by atoms with van der Waals surface area (Å²) in [4.78, 5) is 11.0. The molecule has 0 saturated carbocycles. The molecule has 9 heteroatoms. The van der Waals surface area contributed by atoms with Crippen LogP contribution in [-0.4, -0.2) is 58.7 Å². The van der Waals surface area contributed by atoms with E-state index < -0.39 is 10.0 Å². The minimum Gasteiger partial charge on any atom is -0.354 e. The van der Waals surface area contributed by atoms with Gasteiger partial charge >= 0.3 is 0 Å². The maximum atomic E-state index is 12.7. The molecule has 0 atom stereocenters. The van der Waals surface area contributed by atoms with Crippen molar-refractivity contribution in [3.8, 4) is 5.82 Å². The van der Waals surface area contributed by atoms with Gasteiger partial charge in [0.2, 0.25) is 10.0 Å². The molecule has 0 bridgehead atoms. The lowest BCUT2D eigenvalue weighted by Gasteiger charge is -2.34. The number of hydrogen-bond acceptors (Lipinski definition) is 6. The summed E-state index contributed by atoms with van der Waals surface area (Å²) in [5.74, 6) is 2.12. The van der Waals surface area contributed by atoms with Crippen molar-refractivity contribution in [2.45, 2.75) is 13.8 Å². The van der Waals surface area contributed by atoms with E-state index in [0.29, 0.717) is 37.8 Å². The second-order valence-electron chi connectivity index (χ2n) is 7.23. The predicted octanol–water partition coefficient (Wildman–Crippen LogP) is 2.40. The third-order valence-electron chi connectivity index (χ3n) is 4.98. The molecule has 1 aliphatic heterocycles. The summed E-state index contributed by atoms with van der Waals surface area (Å²) in [7, 11) is -3.47. The van der Waals surface area contributed by atoms with E-state index in [1.54, 1.807) is 17.0 Å². The Bertz CT molecular complexity index is 1130. The van der Waals surface area contributed by atoms with Crippen LogP contribution in [0.3, 0.4) is 0 Å². The van der Waals surface area contributed by atoms with Gasteiger partial charge in [-0.3, -0.25) is 0 Å². The number of benzene rings is 1. The fourth-order valence-electron chi connectivity index (χ4n) is 3.32. The lowest BCUT2D eigenvalue weighted by Crippen LogP contribution is -2.48. The Morgan fingerprint density at radius 1 is 0.967 bits per heavy atom. The lowest BCUT2D eigenvalue weighted by molar-refractivity contribution is 0.388. The van der Waals surface area contributed by atoms with Gasteiger partial charge < -0.3 is 4.90 Å². The molecule has 0 amide bonds. The molecule has 3 heterocycles. The highest BCUT2D eigenvalue weighted by molar-refractivity contribution is 7.92. The van der Waals surface area contributed by atoms with Gasteiger partial charge in [0.15, 0.2) is 5.82 Å². The Balaban J connectivity index is 1.44. The SMILES string of the molecule is Cc1ccc(/C=C/S(=O)(=O)N2CCN(c3cc(-n4cccn4)nc(C)n3)CC2)cc1. The number of anilines is 1. The van der Waals surface area contributed by atoms with Crippen molar-refractivity contribution in [3.05, 3.63) is 71.2 Å². The molecule has 0 N–H and O–H groups in total. The van der Waals surface area contributed by atoms with Crippen molar-refractivity contribution in [2.75, 3.05) is 31.1 Å². The van der Waals surface area contributed by atoms with Crippen molar-refractivity contribution in [1.82, 2.24) is 24.1 Å². The minimum absolute atomic E-state index is 0.403. The van der Waals surface area contributed by atoms with E-state index in [4.69, 9.17) is 0 Å². The van der Waals surface area contributed by atoms with Gasteiger partial charge in [0.25, 0.3) is 0 Å². The molecule has 4 rings (SSSR count). The Hall–Kier alpha value is -3.04. The zero-order chi connectivity index (χ0) is 21.1. The average molecular weight is 425 g/mol. The number of rotatable bonds is 5. The summed E-state index contributed by atoms with van der Waals surface area (Å²) in [5, 5.41) is 5.51. The molecule has 1 aromatic carbocycles. The molecule has 0 unspecified atom stereocenters. The summed E-state index contributed by atoms with van der Waals surface area (Å²) in [6.07, 6.45) is 5.17. The lowest BCUT2D eigenvalue weighted by atomic mass is 10.2. The van der Waals surface area contributed by atoms with Crippen LogP contribution >= 0.6 is 0 Å². The molecule has 1 aliphatic rings. The fourth-order valence-corrected chi connectivity index (χ4v) is 4.49. The Morgan fingerprint density at radius 3 is 2.33 bits per heavy atom. The van der Waals surface area contributed by atoms with Gasteiger partial charge in [-0.2, -0.15) is 9.40 Å². The highest BCUT2D eigenvalue weighted by atomic mass is 32.2. The first-order valence-corrected chi connectivity index (χ1v) is 11.3. The maximum absolute atomic E-state index is 12.7. The van der Waals surface area contributed by atoms with Crippen LogP contribution in [-0.2, 0) is 10.0 Å². The standard InChI is InChI=1S/C21H24N6O2S/c1-17-4-6-19(7-5-17)8-15-30(28,29)26-13-11-25(12-14-26)20-16-21(24-18(2)23-20)27-10-3-9-22-27/h3-10,15-16H,11-14H2,1-2H3/b15-8+. The molecule has 1 saturated heterocycles. The largest absolute Gasteiger partial charge is 0.354 e. The first-order chi connectivity index (χ1) is 14.4. The van der Waals surface area contributed by atoms with E-state index in [0.717, 1.165) is 16.9 Å². The summed E-state index contributed by atoms with van der Waals surface area (Å²) in [6.45, 7) is 5.77. The molecule has 0 radical (unpaired) electrons. The smallest absolute Gasteiger partial charge is 0.236 e. The topological polar surface area (TPSA) is 84.2 Å². The number of aryl methyl sites for hydroxylation is 2. The van der Waals surface area contributed by atoms with Crippen molar-refractivity contribution in [3.63, 3.8) is 0 Å². The number of hydrogen-bond donors (Lipinski definition) is 0. The molecule has 3 aromatic rings. The van der Waals surface area contributed by atoms with Crippen molar-refractivity contribution in [1.29, 1.82) is 0 Å². The van der Waals surface area contributed by atoms with Gasteiger partial charge in [-0.15, -0.1) is 0 Å². The van der Waals surface area contributed by atoms with Crippen molar-refractivity contribution in [2.24, 2.45) is 0 Å². The predicted molar refractivity (Wildman–Crippen MR) is 117 cm³/mol. The molecule has 8 nitrogen and oxygen atoms in total. The van der Waals surface area contributed by atoms with Crippen LogP contribution in [0.2, 0.25) is 0 Å². The summed E-state index contributed by atoms with van der Waals surface area (Å²) >= 11 is 0. The normalized spacial score (nSPS) is 15.7. The summed E-state index contributed by atoms with van der Waals surface area (Å²) in [5.41, 5.74) is 2.01. The Labute approximate surface area is 176 Å². The molecule has 156 valence electrons. The third-order valence-corrected chi connectivity index (χ3v) is 6.55. The number of sulfonamides is 1. The molecule has 0 spiro atoms. The highest BCUT2D eigenvalue weighted by Crippen LogP contribution is 2.19. The van der Waals surface area contributed by atoms with E-state index in [1.165, 1.54) is 9.71 Å². The monoisotopic (exact) mass is 424 g/mol. The minimum atomic E-state index is -3.47. The van der Waals surface area contributed by atoms with E-state index in [1.807, 2.05) is 56.4 Å². The Kier molecular flexibility index (Phi) is 5.65. The van der Waals surface area contributed by atoms with Crippen LogP contribution in [0, 0.1) is 13.8 Å². The van der Waals surface area contributed by atoms with E-state index in [2.05, 4.69) is 20.0 Å². The van der Waals surface area contributed by atoms with Gasteiger partial charge in [-0.25, -0.2) is 23.1 Å². The van der Waals surface area contributed by atoms with Crippen LogP contribution in [0.4, 0.5) is 5.82 Å². The van der Waals surface area contributed by atoms with Crippen LogP contribution in [0.15, 0.2) is 54.2 Å². The van der Waals surface area contributed by atoms with Gasteiger partial charge in [-0.05, 0) is 31.6 Å². The molecular weight excluding hydrogens is 400 g/mol. The van der Waals surface area contributed by atoms with Crippen LogP contribution in [0.1, 0.15) is 17.0 Å². The number of piperazine rings is 1. The zero-order valence-electron chi connectivity index (χ0n) is 17.0. The van der Waals surface area contributed by atoms with Crippen LogP contribution in [0.5, 0.6) is 0 Å². The van der Waals surface area contributed by atoms with Crippen molar-refractivity contribution < 1.29 is 8.42 Å². The fraction of sp³-hybridized carbons (Fsp3) is 0.286. The molecule has 2 aromatic heterocycles. The Morgan fingerprint density at radius 2 is 1.67 bits per heavy atom. The number of nitrogens with zero attached hydrogens (tertiary/aromatic N) is 6. The highest BCUT2D eigenvalue weighted by Gasteiger charge is 2.26. The van der Waals surface area contributed by atoms with Crippen LogP contribution < -0.4 is 4.90 Å². The first kappa shape index (κ1) is 20.2. The summed E-state index contributed by atoms with van der Waals surface area (Å²) in [6, 6.07) is 11.5. The second kappa shape index (κ2) is 8.37. The van der Waals surface area contributed by atoms with E-state index in [-0.39, 0.29) is 0 Å². The zero-order valence-corrected chi connectivity index (χ0v) is 17.8. The van der Waals surface area contributed by atoms with E-state index in [9.17, 15) is 8.42 Å². The molecule has 30 heavy (non-hydrogen) atoms. The first-order valence-electron chi connectivity index (χ1n) is 9.76. The summed E-state index contributed by atoms with van der Waals surface area (Å²) < 4.78 is 28.6. The van der Waals surface area contributed by atoms with Gasteiger partial charge in [0.1, 0.15) is 11.6 Å².